The predicted molar refractivity (Wildman–Crippen MR) is 112 cm³/mol. The first-order chi connectivity index (χ1) is 13.7. The smallest absolute Gasteiger partial charge is 0.242 e. The highest BCUT2D eigenvalue weighted by molar-refractivity contribution is 5.82. The highest BCUT2D eigenvalue weighted by Gasteiger charge is 2.23. The number of likely N-dealkylation sites (tertiary alicyclic amines) is 1. The molecule has 0 atom stereocenters. The SMILES string of the molecule is O=C(CN1CCCc2cc(F)ccc21)N1CCC/C(=C/c2ccccc2)CC1. The molecule has 1 saturated heterocycles. The molecule has 4 rings (SSSR count). The van der Waals surface area contributed by atoms with Crippen LogP contribution in [0.25, 0.3) is 6.08 Å². The van der Waals surface area contributed by atoms with Gasteiger partial charge in [-0.2, -0.15) is 0 Å². The zero-order valence-corrected chi connectivity index (χ0v) is 16.2. The third kappa shape index (κ3) is 4.44. The molecule has 0 spiro atoms. The molecule has 0 aromatic heterocycles. The van der Waals surface area contributed by atoms with Crippen LogP contribution < -0.4 is 4.90 Å². The number of aryl methyl sites for hydroxylation is 1. The number of halogens is 1. The quantitative estimate of drug-likeness (QED) is 0.775. The standard InChI is InChI=1S/C24H27FN2O/c25-22-10-11-23-21(17-22)9-5-14-27(23)18-24(28)26-13-4-8-20(12-15-26)16-19-6-2-1-3-7-19/h1-3,6-7,10-11,16-17H,4-5,8-9,12-15,18H2/b20-16-. The minimum absolute atomic E-state index is 0.179. The molecule has 1 amide bonds. The Bertz CT molecular complexity index is 862. The summed E-state index contributed by atoms with van der Waals surface area (Å²) in [6.45, 7) is 2.84. The Kier molecular flexibility index (Phi) is 5.75. The largest absolute Gasteiger partial charge is 0.362 e. The van der Waals surface area contributed by atoms with E-state index in [-0.39, 0.29) is 11.7 Å². The molecular formula is C24H27FN2O. The molecule has 2 aliphatic heterocycles. The van der Waals surface area contributed by atoms with Crippen LogP contribution in [0, 0.1) is 5.82 Å². The van der Waals surface area contributed by atoms with Gasteiger partial charge in [0, 0.05) is 25.3 Å². The Morgan fingerprint density at radius 1 is 0.964 bits per heavy atom. The van der Waals surface area contributed by atoms with E-state index in [9.17, 15) is 9.18 Å². The normalized spacial score (nSPS) is 18.7. The molecule has 0 saturated carbocycles. The molecule has 4 heteroatoms. The number of hydrogen-bond donors (Lipinski definition) is 0. The average molecular weight is 378 g/mol. The van der Waals surface area contributed by atoms with Crippen LogP contribution in [0.5, 0.6) is 0 Å². The molecular weight excluding hydrogens is 351 g/mol. The van der Waals surface area contributed by atoms with Crippen LogP contribution in [-0.4, -0.2) is 37.0 Å². The molecule has 1 fully saturated rings. The van der Waals surface area contributed by atoms with Crippen molar-refractivity contribution in [3.05, 3.63) is 71.0 Å². The molecule has 2 aromatic rings. The number of rotatable bonds is 3. The highest BCUT2D eigenvalue weighted by atomic mass is 19.1. The van der Waals surface area contributed by atoms with Gasteiger partial charge in [0.1, 0.15) is 5.82 Å². The van der Waals surface area contributed by atoms with Crippen molar-refractivity contribution in [2.75, 3.05) is 31.1 Å². The van der Waals surface area contributed by atoms with Crippen molar-refractivity contribution in [3.63, 3.8) is 0 Å². The van der Waals surface area contributed by atoms with Gasteiger partial charge in [-0.25, -0.2) is 4.39 Å². The number of carbonyl (C=O) groups excluding carboxylic acids is 1. The Balaban J connectivity index is 1.39. The minimum atomic E-state index is -0.197. The minimum Gasteiger partial charge on any atom is -0.362 e. The van der Waals surface area contributed by atoms with Gasteiger partial charge in [-0.1, -0.05) is 42.0 Å². The van der Waals surface area contributed by atoms with Crippen molar-refractivity contribution < 1.29 is 9.18 Å². The average Bonchev–Trinajstić information content (AvgIpc) is 2.94. The first-order valence-corrected chi connectivity index (χ1v) is 10.2. The molecule has 0 N–H and O–H groups in total. The van der Waals surface area contributed by atoms with E-state index in [1.54, 1.807) is 6.07 Å². The van der Waals surface area contributed by atoms with E-state index in [2.05, 4.69) is 35.2 Å². The van der Waals surface area contributed by atoms with E-state index in [1.165, 1.54) is 17.2 Å². The second kappa shape index (κ2) is 8.59. The molecule has 146 valence electrons. The number of amides is 1. The van der Waals surface area contributed by atoms with E-state index in [0.717, 1.165) is 63.0 Å². The maximum absolute atomic E-state index is 13.5. The first-order valence-electron chi connectivity index (χ1n) is 10.2. The lowest BCUT2D eigenvalue weighted by molar-refractivity contribution is -0.129. The van der Waals surface area contributed by atoms with Gasteiger partial charge in [0.05, 0.1) is 6.54 Å². The third-order valence-electron chi connectivity index (χ3n) is 5.73. The molecule has 2 aliphatic rings. The van der Waals surface area contributed by atoms with Crippen molar-refractivity contribution in [1.82, 2.24) is 4.90 Å². The predicted octanol–water partition coefficient (Wildman–Crippen LogP) is 4.67. The number of hydrogen-bond acceptors (Lipinski definition) is 2. The fourth-order valence-electron chi connectivity index (χ4n) is 4.26. The number of carbonyl (C=O) groups is 1. The van der Waals surface area contributed by atoms with Gasteiger partial charge in [0.2, 0.25) is 5.91 Å². The molecule has 0 aliphatic carbocycles. The zero-order valence-electron chi connectivity index (χ0n) is 16.2. The van der Waals surface area contributed by atoms with Crippen LogP contribution in [0.3, 0.4) is 0 Å². The molecule has 0 bridgehead atoms. The second-order valence-corrected chi connectivity index (χ2v) is 7.75. The maximum Gasteiger partial charge on any atom is 0.242 e. The second-order valence-electron chi connectivity index (χ2n) is 7.75. The van der Waals surface area contributed by atoms with E-state index in [0.29, 0.717) is 6.54 Å². The molecule has 2 aromatic carbocycles. The Morgan fingerprint density at radius 2 is 1.79 bits per heavy atom. The molecule has 0 radical (unpaired) electrons. The fourth-order valence-corrected chi connectivity index (χ4v) is 4.26. The van der Waals surface area contributed by atoms with Gasteiger partial charge >= 0.3 is 0 Å². The van der Waals surface area contributed by atoms with Crippen LogP contribution in [0.2, 0.25) is 0 Å². The Hall–Kier alpha value is -2.62. The van der Waals surface area contributed by atoms with Gasteiger partial charge in [-0.05, 0) is 61.4 Å². The van der Waals surface area contributed by atoms with Crippen molar-refractivity contribution in [3.8, 4) is 0 Å². The van der Waals surface area contributed by atoms with E-state index >= 15 is 0 Å². The summed E-state index contributed by atoms with van der Waals surface area (Å²) in [5.74, 6) is -0.0182. The summed E-state index contributed by atoms with van der Waals surface area (Å²) in [7, 11) is 0. The van der Waals surface area contributed by atoms with Crippen molar-refractivity contribution >= 4 is 17.7 Å². The molecule has 2 heterocycles. The van der Waals surface area contributed by atoms with Gasteiger partial charge in [0.15, 0.2) is 0 Å². The van der Waals surface area contributed by atoms with Crippen LogP contribution in [-0.2, 0) is 11.2 Å². The van der Waals surface area contributed by atoms with Crippen LogP contribution in [0.15, 0.2) is 54.1 Å². The summed E-state index contributed by atoms with van der Waals surface area (Å²) in [4.78, 5) is 17.1. The van der Waals surface area contributed by atoms with Crippen molar-refractivity contribution in [1.29, 1.82) is 0 Å². The summed E-state index contributed by atoms with van der Waals surface area (Å²) >= 11 is 0. The topological polar surface area (TPSA) is 23.6 Å². The van der Waals surface area contributed by atoms with Gasteiger partial charge < -0.3 is 9.80 Å². The lowest BCUT2D eigenvalue weighted by Gasteiger charge is -2.32. The van der Waals surface area contributed by atoms with Crippen LogP contribution >= 0.6 is 0 Å². The maximum atomic E-state index is 13.5. The van der Waals surface area contributed by atoms with E-state index in [1.807, 2.05) is 17.0 Å². The number of benzene rings is 2. The molecule has 28 heavy (non-hydrogen) atoms. The first kappa shape index (κ1) is 18.7. The summed E-state index contributed by atoms with van der Waals surface area (Å²) in [6, 6.07) is 15.3. The highest BCUT2D eigenvalue weighted by Crippen LogP contribution is 2.28. The summed E-state index contributed by atoms with van der Waals surface area (Å²) in [5.41, 5.74) is 4.68. The number of anilines is 1. The van der Waals surface area contributed by atoms with Crippen LogP contribution in [0.4, 0.5) is 10.1 Å². The van der Waals surface area contributed by atoms with E-state index in [4.69, 9.17) is 0 Å². The van der Waals surface area contributed by atoms with Gasteiger partial charge in [0.25, 0.3) is 0 Å². The fraction of sp³-hybridized carbons (Fsp3) is 0.375. The Morgan fingerprint density at radius 3 is 2.64 bits per heavy atom. The van der Waals surface area contributed by atoms with Crippen LogP contribution in [0.1, 0.15) is 36.8 Å². The van der Waals surface area contributed by atoms with Gasteiger partial charge in [-0.15, -0.1) is 0 Å². The van der Waals surface area contributed by atoms with Gasteiger partial charge in [-0.3, -0.25) is 4.79 Å². The number of fused-ring (bicyclic) bond motifs is 1. The number of nitrogens with zero attached hydrogens (tertiary/aromatic N) is 2. The monoisotopic (exact) mass is 378 g/mol. The molecule has 3 nitrogen and oxygen atoms in total. The van der Waals surface area contributed by atoms with Crippen molar-refractivity contribution in [2.24, 2.45) is 0 Å². The lowest BCUT2D eigenvalue weighted by Crippen LogP contribution is -2.42. The molecule has 0 unspecified atom stereocenters. The summed E-state index contributed by atoms with van der Waals surface area (Å²) in [5, 5.41) is 0. The zero-order chi connectivity index (χ0) is 19.3. The summed E-state index contributed by atoms with van der Waals surface area (Å²) < 4.78 is 13.5. The lowest BCUT2D eigenvalue weighted by atomic mass is 10.0. The third-order valence-corrected chi connectivity index (χ3v) is 5.73. The summed E-state index contributed by atoms with van der Waals surface area (Å²) in [6.07, 6.45) is 7.10. The van der Waals surface area contributed by atoms with E-state index < -0.39 is 0 Å². The Labute approximate surface area is 166 Å². The van der Waals surface area contributed by atoms with Crippen molar-refractivity contribution in [2.45, 2.75) is 32.1 Å².